The summed E-state index contributed by atoms with van der Waals surface area (Å²) in [7, 11) is 0. The van der Waals surface area contributed by atoms with Crippen LogP contribution in [0.5, 0.6) is 0 Å². The number of rotatable bonds is 5. The Kier molecular flexibility index (Phi) is 6.42. The van der Waals surface area contributed by atoms with Gasteiger partial charge in [-0.2, -0.15) is 0 Å². The SMILES string of the molecule is Cc1ccc(C=C2SC(=S)N(CCC(=O)NN3CCOCC3)C2=O)cc1. The molecule has 1 N–H and O–H groups in total. The fourth-order valence-corrected chi connectivity index (χ4v) is 3.94. The summed E-state index contributed by atoms with van der Waals surface area (Å²) in [5, 5.41) is 1.84. The predicted molar refractivity (Wildman–Crippen MR) is 106 cm³/mol. The third-order valence-corrected chi connectivity index (χ3v) is 5.48. The highest BCUT2D eigenvalue weighted by Crippen LogP contribution is 2.32. The second kappa shape index (κ2) is 8.77. The van der Waals surface area contributed by atoms with Crippen molar-refractivity contribution in [1.29, 1.82) is 0 Å². The number of hydrogen-bond acceptors (Lipinski definition) is 6. The number of thiocarbonyl (C=S) groups is 1. The van der Waals surface area contributed by atoms with Crippen LogP contribution in [0.3, 0.4) is 0 Å². The van der Waals surface area contributed by atoms with Gasteiger partial charge in [0.15, 0.2) is 0 Å². The highest BCUT2D eigenvalue weighted by atomic mass is 32.2. The Morgan fingerprint density at radius 1 is 1.31 bits per heavy atom. The van der Waals surface area contributed by atoms with Crippen molar-refractivity contribution in [3.63, 3.8) is 0 Å². The van der Waals surface area contributed by atoms with E-state index < -0.39 is 0 Å². The number of benzene rings is 1. The van der Waals surface area contributed by atoms with Gasteiger partial charge in [0.05, 0.1) is 18.1 Å². The first kappa shape index (κ1) is 19.0. The first-order valence-electron chi connectivity index (χ1n) is 8.47. The number of amides is 2. The molecule has 2 fully saturated rings. The molecule has 3 rings (SSSR count). The standard InChI is InChI=1S/C18H21N3O3S2/c1-13-2-4-14(5-3-13)12-15-17(23)21(18(25)26-15)7-6-16(22)19-20-8-10-24-11-9-20/h2-5,12H,6-11H2,1H3,(H,19,22). The number of morpholine rings is 1. The number of ether oxygens (including phenoxy) is 1. The third kappa shape index (κ3) is 4.91. The fraction of sp³-hybridized carbons (Fsp3) is 0.389. The van der Waals surface area contributed by atoms with Crippen LogP contribution in [0.15, 0.2) is 29.2 Å². The fourth-order valence-electron chi connectivity index (χ4n) is 2.63. The Labute approximate surface area is 162 Å². The zero-order chi connectivity index (χ0) is 18.5. The number of hydrogen-bond donors (Lipinski definition) is 1. The smallest absolute Gasteiger partial charge is 0.266 e. The lowest BCUT2D eigenvalue weighted by Gasteiger charge is -2.27. The number of hydrazine groups is 1. The summed E-state index contributed by atoms with van der Waals surface area (Å²) < 4.78 is 5.74. The summed E-state index contributed by atoms with van der Waals surface area (Å²) in [6.45, 7) is 4.87. The second-order valence-electron chi connectivity index (χ2n) is 6.13. The molecule has 2 aliphatic heterocycles. The van der Waals surface area contributed by atoms with Crippen molar-refractivity contribution in [1.82, 2.24) is 15.3 Å². The van der Waals surface area contributed by atoms with Crippen molar-refractivity contribution in [2.45, 2.75) is 13.3 Å². The van der Waals surface area contributed by atoms with E-state index in [0.29, 0.717) is 35.5 Å². The van der Waals surface area contributed by atoms with Crippen LogP contribution in [0.2, 0.25) is 0 Å². The Balaban J connectivity index is 1.55. The molecule has 0 saturated carbocycles. The summed E-state index contributed by atoms with van der Waals surface area (Å²) >= 11 is 6.59. The minimum absolute atomic E-state index is 0.122. The number of carbonyl (C=O) groups excluding carboxylic acids is 2. The molecule has 8 heteroatoms. The van der Waals surface area contributed by atoms with Crippen LogP contribution in [-0.4, -0.2) is 58.9 Å². The third-order valence-electron chi connectivity index (χ3n) is 4.11. The second-order valence-corrected chi connectivity index (χ2v) is 7.80. The summed E-state index contributed by atoms with van der Waals surface area (Å²) in [4.78, 5) is 26.8. The number of nitrogens with one attached hydrogen (secondary N) is 1. The van der Waals surface area contributed by atoms with Gasteiger partial charge in [0.2, 0.25) is 5.91 Å². The molecule has 0 bridgehead atoms. The molecule has 0 aliphatic carbocycles. The van der Waals surface area contributed by atoms with E-state index in [2.05, 4.69) is 5.43 Å². The van der Waals surface area contributed by atoms with Gasteiger partial charge in [-0.05, 0) is 18.6 Å². The molecule has 2 amide bonds. The van der Waals surface area contributed by atoms with Crippen LogP contribution in [0, 0.1) is 6.92 Å². The zero-order valence-electron chi connectivity index (χ0n) is 14.6. The van der Waals surface area contributed by atoms with Gasteiger partial charge in [-0.1, -0.05) is 53.8 Å². The van der Waals surface area contributed by atoms with Crippen molar-refractivity contribution >= 4 is 46.2 Å². The van der Waals surface area contributed by atoms with Gasteiger partial charge in [0.1, 0.15) is 4.32 Å². The van der Waals surface area contributed by atoms with Crippen LogP contribution < -0.4 is 5.43 Å². The van der Waals surface area contributed by atoms with Gasteiger partial charge < -0.3 is 4.74 Å². The first-order valence-corrected chi connectivity index (χ1v) is 9.69. The van der Waals surface area contributed by atoms with E-state index in [4.69, 9.17) is 17.0 Å². The Morgan fingerprint density at radius 3 is 2.69 bits per heavy atom. The lowest BCUT2D eigenvalue weighted by molar-refractivity contribution is -0.128. The van der Waals surface area contributed by atoms with Crippen molar-refractivity contribution in [3.8, 4) is 0 Å². The quantitative estimate of drug-likeness (QED) is 0.612. The maximum absolute atomic E-state index is 12.6. The molecule has 1 aromatic carbocycles. The van der Waals surface area contributed by atoms with Gasteiger partial charge in [0.25, 0.3) is 5.91 Å². The summed E-state index contributed by atoms with van der Waals surface area (Å²) in [5.74, 6) is -0.261. The number of carbonyl (C=O) groups is 2. The maximum Gasteiger partial charge on any atom is 0.266 e. The summed E-state index contributed by atoms with van der Waals surface area (Å²) in [5.41, 5.74) is 4.97. The molecule has 0 atom stereocenters. The van der Waals surface area contributed by atoms with Gasteiger partial charge in [0, 0.05) is 26.1 Å². The largest absolute Gasteiger partial charge is 0.379 e. The van der Waals surface area contributed by atoms with Crippen molar-refractivity contribution in [2.75, 3.05) is 32.8 Å². The number of thioether (sulfide) groups is 1. The zero-order valence-corrected chi connectivity index (χ0v) is 16.2. The molecule has 0 aromatic heterocycles. The molecule has 0 radical (unpaired) electrons. The first-order chi connectivity index (χ1) is 12.5. The van der Waals surface area contributed by atoms with Crippen LogP contribution in [0.25, 0.3) is 6.08 Å². The minimum atomic E-state index is -0.139. The van der Waals surface area contributed by atoms with E-state index in [-0.39, 0.29) is 24.8 Å². The highest BCUT2D eigenvalue weighted by molar-refractivity contribution is 8.26. The molecule has 0 spiro atoms. The van der Waals surface area contributed by atoms with Crippen molar-refractivity contribution in [3.05, 3.63) is 40.3 Å². The van der Waals surface area contributed by atoms with E-state index in [1.807, 2.05) is 42.3 Å². The van der Waals surface area contributed by atoms with E-state index in [0.717, 1.165) is 5.56 Å². The highest BCUT2D eigenvalue weighted by Gasteiger charge is 2.32. The maximum atomic E-state index is 12.6. The van der Waals surface area contributed by atoms with E-state index in [9.17, 15) is 9.59 Å². The Morgan fingerprint density at radius 2 is 2.00 bits per heavy atom. The Bertz CT molecular complexity index is 728. The number of aryl methyl sites for hydroxylation is 1. The molecular formula is C18H21N3O3S2. The van der Waals surface area contributed by atoms with Crippen LogP contribution >= 0.6 is 24.0 Å². The molecule has 2 aliphatic rings. The van der Waals surface area contributed by atoms with Gasteiger partial charge in [-0.3, -0.25) is 19.9 Å². The molecule has 6 nitrogen and oxygen atoms in total. The lowest BCUT2D eigenvalue weighted by Crippen LogP contribution is -2.49. The lowest BCUT2D eigenvalue weighted by atomic mass is 10.1. The number of nitrogens with zero attached hydrogens (tertiary/aromatic N) is 2. The van der Waals surface area contributed by atoms with Crippen molar-refractivity contribution in [2.24, 2.45) is 0 Å². The average molecular weight is 392 g/mol. The molecular weight excluding hydrogens is 370 g/mol. The normalized spacial score (nSPS) is 20.0. The summed E-state index contributed by atoms with van der Waals surface area (Å²) in [6.07, 6.45) is 2.05. The molecule has 0 unspecified atom stereocenters. The predicted octanol–water partition coefficient (Wildman–Crippen LogP) is 1.95. The molecule has 138 valence electrons. The molecule has 26 heavy (non-hydrogen) atoms. The van der Waals surface area contributed by atoms with Gasteiger partial charge >= 0.3 is 0 Å². The van der Waals surface area contributed by atoms with Crippen LogP contribution in [-0.2, 0) is 14.3 Å². The topological polar surface area (TPSA) is 61.9 Å². The van der Waals surface area contributed by atoms with E-state index >= 15 is 0 Å². The molecule has 2 saturated heterocycles. The van der Waals surface area contributed by atoms with Crippen LogP contribution in [0.1, 0.15) is 17.5 Å². The average Bonchev–Trinajstić information content (AvgIpc) is 2.89. The van der Waals surface area contributed by atoms with Gasteiger partial charge in [-0.15, -0.1) is 0 Å². The Hall–Kier alpha value is -1.74. The molecule has 2 heterocycles. The van der Waals surface area contributed by atoms with Crippen molar-refractivity contribution < 1.29 is 14.3 Å². The monoisotopic (exact) mass is 391 g/mol. The van der Waals surface area contributed by atoms with Gasteiger partial charge in [-0.25, -0.2) is 5.01 Å². The summed E-state index contributed by atoms with van der Waals surface area (Å²) in [6, 6.07) is 7.94. The van der Waals surface area contributed by atoms with E-state index in [1.165, 1.54) is 22.2 Å². The minimum Gasteiger partial charge on any atom is -0.379 e. The van der Waals surface area contributed by atoms with E-state index in [1.54, 1.807) is 0 Å². The molecule has 1 aromatic rings. The van der Waals surface area contributed by atoms with Crippen LogP contribution in [0.4, 0.5) is 0 Å².